The molecule has 0 radical (unpaired) electrons. The molecule has 2 unspecified atom stereocenters. The number of rotatable bonds is 3. The summed E-state index contributed by atoms with van der Waals surface area (Å²) in [6.45, 7) is 8.12. The Hall–Kier alpha value is -1.43. The fraction of sp³-hybridized carbons (Fsp3) is 0.727. The van der Waals surface area contributed by atoms with E-state index in [4.69, 9.17) is 5.73 Å². The van der Waals surface area contributed by atoms with Gasteiger partial charge in [0, 0.05) is 6.04 Å². The van der Waals surface area contributed by atoms with Gasteiger partial charge in [-0.1, -0.05) is 20.8 Å². The van der Waals surface area contributed by atoms with Crippen LogP contribution in [0, 0.1) is 5.41 Å². The van der Waals surface area contributed by atoms with Crippen LogP contribution in [0.2, 0.25) is 0 Å². The molecule has 2 N–H and O–H groups in total. The lowest BCUT2D eigenvalue weighted by atomic mass is 9.83. The summed E-state index contributed by atoms with van der Waals surface area (Å²) in [7, 11) is 1.30. The van der Waals surface area contributed by atoms with E-state index in [0.717, 1.165) is 0 Å². The van der Waals surface area contributed by atoms with Gasteiger partial charge in [0.2, 0.25) is 0 Å². The number of aromatic nitrogens is 3. The zero-order valence-electron chi connectivity index (χ0n) is 11.0. The van der Waals surface area contributed by atoms with E-state index in [1.54, 1.807) is 4.68 Å². The molecule has 0 saturated heterocycles. The second kappa shape index (κ2) is 4.83. The van der Waals surface area contributed by atoms with Crippen molar-refractivity contribution in [2.24, 2.45) is 11.1 Å². The smallest absolute Gasteiger partial charge is 0.377 e. The fourth-order valence-electron chi connectivity index (χ4n) is 2.02. The molecule has 0 spiro atoms. The number of methoxy groups -OCH3 is 1. The molecule has 6 heteroatoms. The minimum Gasteiger partial charge on any atom is -0.463 e. The summed E-state index contributed by atoms with van der Waals surface area (Å²) in [4.78, 5) is 15.2. The molecule has 0 aliphatic rings. The van der Waals surface area contributed by atoms with Crippen molar-refractivity contribution >= 4 is 5.97 Å². The Morgan fingerprint density at radius 2 is 2.12 bits per heavy atom. The molecule has 1 aromatic heterocycles. The Morgan fingerprint density at radius 1 is 1.53 bits per heavy atom. The number of nitrogens with zero attached hydrogens (tertiary/aromatic N) is 3. The van der Waals surface area contributed by atoms with Crippen LogP contribution < -0.4 is 5.73 Å². The van der Waals surface area contributed by atoms with Crippen LogP contribution in [0.5, 0.6) is 0 Å². The van der Waals surface area contributed by atoms with Crippen LogP contribution >= 0.6 is 0 Å². The largest absolute Gasteiger partial charge is 0.463 e. The Morgan fingerprint density at radius 3 is 2.53 bits per heavy atom. The average Bonchev–Trinajstić information content (AvgIpc) is 2.62. The van der Waals surface area contributed by atoms with Gasteiger partial charge in [-0.15, -0.1) is 5.10 Å². The molecule has 17 heavy (non-hydrogen) atoms. The summed E-state index contributed by atoms with van der Waals surface area (Å²) in [6, 6.07) is -0.129. The molecule has 1 rings (SSSR count). The van der Waals surface area contributed by atoms with Gasteiger partial charge < -0.3 is 10.5 Å². The normalized spacial score (nSPS) is 15.4. The quantitative estimate of drug-likeness (QED) is 0.797. The van der Waals surface area contributed by atoms with Gasteiger partial charge in [-0.2, -0.15) is 0 Å². The highest BCUT2D eigenvalue weighted by Gasteiger charge is 2.31. The fourth-order valence-corrected chi connectivity index (χ4v) is 2.02. The van der Waals surface area contributed by atoms with Gasteiger partial charge in [-0.05, 0) is 12.3 Å². The van der Waals surface area contributed by atoms with Crippen molar-refractivity contribution in [3.8, 4) is 0 Å². The van der Waals surface area contributed by atoms with Crippen molar-refractivity contribution < 1.29 is 9.53 Å². The lowest BCUT2D eigenvalue weighted by Gasteiger charge is -2.33. The maximum Gasteiger partial charge on any atom is 0.377 e. The summed E-state index contributed by atoms with van der Waals surface area (Å²) < 4.78 is 6.20. The second-order valence-electron chi connectivity index (χ2n) is 5.21. The number of carbonyl (C=O) groups is 1. The van der Waals surface area contributed by atoms with E-state index in [1.165, 1.54) is 13.4 Å². The highest BCUT2D eigenvalue weighted by Crippen LogP contribution is 2.31. The monoisotopic (exact) mass is 240 g/mol. The van der Waals surface area contributed by atoms with Gasteiger partial charge >= 0.3 is 5.97 Å². The molecule has 0 aromatic carbocycles. The first-order valence-electron chi connectivity index (χ1n) is 5.52. The Bertz CT molecular complexity index is 392. The lowest BCUT2D eigenvalue weighted by molar-refractivity contribution is 0.0584. The SMILES string of the molecule is COC(=O)c1ncn(C(C(C)N)C(C)(C)C)n1. The van der Waals surface area contributed by atoms with Gasteiger partial charge in [0.25, 0.3) is 5.82 Å². The van der Waals surface area contributed by atoms with E-state index in [0.29, 0.717) is 0 Å². The lowest BCUT2D eigenvalue weighted by Crippen LogP contribution is -2.38. The van der Waals surface area contributed by atoms with Gasteiger partial charge in [-0.3, -0.25) is 0 Å². The van der Waals surface area contributed by atoms with Gasteiger partial charge in [0.15, 0.2) is 0 Å². The van der Waals surface area contributed by atoms with Crippen LogP contribution in [0.4, 0.5) is 0 Å². The third kappa shape index (κ3) is 3.03. The first-order valence-corrected chi connectivity index (χ1v) is 5.52. The summed E-state index contributed by atoms with van der Waals surface area (Å²) in [5, 5.41) is 4.12. The van der Waals surface area contributed by atoms with Crippen molar-refractivity contribution in [3.63, 3.8) is 0 Å². The van der Waals surface area contributed by atoms with Crippen LogP contribution in [0.3, 0.4) is 0 Å². The molecular weight excluding hydrogens is 220 g/mol. The minimum absolute atomic E-state index is 0.0339. The molecule has 6 nitrogen and oxygen atoms in total. The number of hydrogen-bond acceptors (Lipinski definition) is 5. The topological polar surface area (TPSA) is 83.0 Å². The first kappa shape index (κ1) is 13.6. The van der Waals surface area contributed by atoms with Crippen LogP contribution in [0.1, 0.15) is 44.4 Å². The minimum atomic E-state index is -0.541. The summed E-state index contributed by atoms with van der Waals surface area (Å²) in [6.07, 6.45) is 1.52. The van der Waals surface area contributed by atoms with E-state index in [9.17, 15) is 4.79 Å². The number of ether oxygens (including phenoxy) is 1. The molecule has 0 fully saturated rings. The number of nitrogens with two attached hydrogens (primary N) is 1. The third-order valence-electron chi connectivity index (χ3n) is 2.55. The summed E-state index contributed by atoms with van der Waals surface area (Å²) >= 11 is 0. The summed E-state index contributed by atoms with van der Waals surface area (Å²) in [5.41, 5.74) is 5.89. The molecule has 0 amide bonds. The standard InChI is InChI=1S/C11H20N4O2/c1-7(12)8(11(2,3)4)15-6-13-9(14-15)10(16)17-5/h6-8H,12H2,1-5H3. The van der Waals surface area contributed by atoms with E-state index in [1.807, 2.05) is 6.92 Å². The van der Waals surface area contributed by atoms with E-state index in [-0.39, 0.29) is 23.3 Å². The number of hydrogen-bond donors (Lipinski definition) is 1. The Labute approximate surface area is 101 Å². The molecule has 0 bridgehead atoms. The third-order valence-corrected chi connectivity index (χ3v) is 2.55. The van der Waals surface area contributed by atoms with Crippen molar-refractivity contribution in [3.05, 3.63) is 12.2 Å². The predicted octanol–water partition coefficient (Wildman–Crippen LogP) is 0.999. The van der Waals surface area contributed by atoms with Crippen molar-refractivity contribution in [1.82, 2.24) is 14.8 Å². The molecule has 0 saturated carbocycles. The highest BCUT2D eigenvalue weighted by atomic mass is 16.5. The van der Waals surface area contributed by atoms with Crippen LogP contribution in [-0.4, -0.2) is 33.9 Å². The van der Waals surface area contributed by atoms with Gasteiger partial charge in [-0.25, -0.2) is 14.5 Å². The number of esters is 1. The van der Waals surface area contributed by atoms with Gasteiger partial charge in [0.1, 0.15) is 6.33 Å². The maximum absolute atomic E-state index is 11.3. The molecule has 0 aliphatic carbocycles. The second-order valence-corrected chi connectivity index (χ2v) is 5.21. The predicted molar refractivity (Wildman–Crippen MR) is 63.5 cm³/mol. The molecule has 96 valence electrons. The highest BCUT2D eigenvalue weighted by molar-refractivity contribution is 5.84. The van der Waals surface area contributed by atoms with E-state index < -0.39 is 5.97 Å². The Balaban J connectivity index is 3.05. The maximum atomic E-state index is 11.3. The van der Waals surface area contributed by atoms with Crippen LogP contribution in [0.15, 0.2) is 6.33 Å². The van der Waals surface area contributed by atoms with Gasteiger partial charge in [0.05, 0.1) is 13.2 Å². The van der Waals surface area contributed by atoms with Crippen LogP contribution in [-0.2, 0) is 4.74 Å². The van der Waals surface area contributed by atoms with E-state index in [2.05, 4.69) is 35.6 Å². The molecule has 0 aliphatic heterocycles. The zero-order chi connectivity index (χ0) is 13.2. The first-order chi connectivity index (χ1) is 7.77. The summed E-state index contributed by atoms with van der Waals surface area (Å²) in [5.74, 6) is -0.483. The van der Waals surface area contributed by atoms with Crippen LogP contribution in [0.25, 0.3) is 0 Å². The molecular formula is C11H20N4O2. The molecule has 1 aromatic rings. The van der Waals surface area contributed by atoms with Crippen molar-refractivity contribution in [2.45, 2.75) is 39.8 Å². The molecule has 2 atom stereocenters. The average molecular weight is 240 g/mol. The zero-order valence-corrected chi connectivity index (χ0v) is 11.0. The Kier molecular flexibility index (Phi) is 3.87. The molecule has 1 heterocycles. The van der Waals surface area contributed by atoms with Crippen molar-refractivity contribution in [1.29, 1.82) is 0 Å². The van der Waals surface area contributed by atoms with E-state index >= 15 is 0 Å². The number of carbonyl (C=O) groups excluding carboxylic acids is 1. The van der Waals surface area contributed by atoms with Crippen molar-refractivity contribution in [2.75, 3.05) is 7.11 Å².